The quantitative estimate of drug-likeness (QED) is 0.905. The average molecular weight is 255 g/mol. The van der Waals surface area contributed by atoms with Crippen molar-refractivity contribution in [3.05, 3.63) is 36.3 Å². The van der Waals surface area contributed by atoms with Crippen LogP contribution in [0.15, 0.2) is 30.7 Å². The maximum absolute atomic E-state index is 4.35. The number of nitrogens with one attached hydrogen (secondary N) is 1. The molecule has 3 heteroatoms. The molecular weight excluding hydrogens is 234 g/mol. The van der Waals surface area contributed by atoms with Crippen LogP contribution in [0.2, 0.25) is 0 Å². The van der Waals surface area contributed by atoms with Gasteiger partial charge in [-0.1, -0.05) is 38.5 Å². The van der Waals surface area contributed by atoms with Crippen LogP contribution in [0, 0.1) is 5.92 Å². The summed E-state index contributed by atoms with van der Waals surface area (Å²) in [5.41, 5.74) is 5.24. The molecule has 0 saturated carbocycles. The summed E-state index contributed by atoms with van der Waals surface area (Å²) in [6.45, 7) is 6.61. The van der Waals surface area contributed by atoms with Crippen molar-refractivity contribution in [2.24, 2.45) is 5.92 Å². The fourth-order valence-corrected chi connectivity index (χ4v) is 2.71. The van der Waals surface area contributed by atoms with E-state index in [1.807, 2.05) is 12.5 Å². The predicted molar refractivity (Wildman–Crippen MR) is 79.3 cm³/mol. The van der Waals surface area contributed by atoms with Gasteiger partial charge in [-0.05, 0) is 17.9 Å². The highest BCUT2D eigenvalue weighted by Gasteiger charge is 2.17. The second kappa shape index (κ2) is 5.08. The van der Waals surface area contributed by atoms with Gasteiger partial charge in [0.05, 0.1) is 18.2 Å². The van der Waals surface area contributed by atoms with Crippen molar-refractivity contribution in [3.8, 4) is 11.3 Å². The summed E-state index contributed by atoms with van der Waals surface area (Å²) in [7, 11) is 0. The first-order valence-corrected chi connectivity index (χ1v) is 7.16. The Bertz CT molecular complexity index is 571. The van der Waals surface area contributed by atoms with Gasteiger partial charge in [0.15, 0.2) is 0 Å². The van der Waals surface area contributed by atoms with Crippen molar-refractivity contribution >= 4 is 5.69 Å². The van der Waals surface area contributed by atoms with Crippen LogP contribution in [0.25, 0.3) is 11.3 Å². The summed E-state index contributed by atoms with van der Waals surface area (Å²) in [4.78, 5) is 4.35. The Morgan fingerprint density at radius 1 is 1.42 bits per heavy atom. The minimum absolute atomic E-state index is 0.678. The molecule has 3 nitrogen and oxygen atoms in total. The lowest BCUT2D eigenvalue weighted by molar-refractivity contribution is 0.471. The van der Waals surface area contributed by atoms with Crippen LogP contribution in [0.5, 0.6) is 0 Å². The van der Waals surface area contributed by atoms with E-state index in [9.17, 15) is 0 Å². The van der Waals surface area contributed by atoms with Gasteiger partial charge in [0.1, 0.15) is 0 Å². The Kier molecular flexibility index (Phi) is 3.28. The fraction of sp³-hybridized carbons (Fsp3) is 0.438. The van der Waals surface area contributed by atoms with Gasteiger partial charge in [-0.3, -0.25) is 0 Å². The van der Waals surface area contributed by atoms with Crippen molar-refractivity contribution in [1.82, 2.24) is 9.55 Å². The topological polar surface area (TPSA) is 29.9 Å². The van der Waals surface area contributed by atoms with Crippen LogP contribution < -0.4 is 5.32 Å². The van der Waals surface area contributed by atoms with E-state index in [0.29, 0.717) is 5.92 Å². The van der Waals surface area contributed by atoms with Gasteiger partial charge >= 0.3 is 0 Å². The summed E-state index contributed by atoms with van der Waals surface area (Å²) in [5.74, 6) is 0.678. The van der Waals surface area contributed by atoms with Gasteiger partial charge in [0.25, 0.3) is 0 Å². The number of nitrogens with zero attached hydrogens (tertiary/aromatic N) is 2. The number of imidazole rings is 1. The molecule has 2 heterocycles. The van der Waals surface area contributed by atoms with E-state index in [1.165, 1.54) is 28.9 Å². The van der Waals surface area contributed by atoms with E-state index in [4.69, 9.17) is 0 Å². The number of para-hydroxylation sites is 1. The third kappa shape index (κ3) is 2.25. The SMILES string of the molecule is CCC(C)Cn1cncc1-c1cccc2c1NCC2. The van der Waals surface area contributed by atoms with E-state index < -0.39 is 0 Å². The number of hydrogen-bond acceptors (Lipinski definition) is 2. The average Bonchev–Trinajstić information content (AvgIpc) is 3.06. The lowest BCUT2D eigenvalue weighted by Crippen LogP contribution is -2.07. The number of anilines is 1. The fourth-order valence-electron chi connectivity index (χ4n) is 2.71. The minimum Gasteiger partial charge on any atom is -0.384 e. The number of benzene rings is 1. The zero-order valence-electron chi connectivity index (χ0n) is 11.7. The molecule has 3 rings (SSSR count). The van der Waals surface area contributed by atoms with Crippen molar-refractivity contribution in [2.45, 2.75) is 33.2 Å². The molecule has 19 heavy (non-hydrogen) atoms. The smallest absolute Gasteiger partial charge is 0.0951 e. The molecule has 1 N–H and O–H groups in total. The predicted octanol–water partition coefficient (Wildman–Crippen LogP) is 3.56. The zero-order valence-corrected chi connectivity index (χ0v) is 11.7. The molecular formula is C16H21N3. The molecule has 0 bridgehead atoms. The molecule has 100 valence electrons. The third-order valence-corrected chi connectivity index (χ3v) is 4.04. The lowest BCUT2D eigenvalue weighted by Gasteiger charge is -2.15. The Morgan fingerprint density at radius 3 is 3.16 bits per heavy atom. The Hall–Kier alpha value is -1.77. The summed E-state index contributed by atoms with van der Waals surface area (Å²) >= 11 is 0. The molecule has 1 aliphatic rings. The van der Waals surface area contributed by atoms with Gasteiger partial charge in [0.2, 0.25) is 0 Å². The molecule has 0 radical (unpaired) electrons. The van der Waals surface area contributed by atoms with Crippen molar-refractivity contribution in [1.29, 1.82) is 0 Å². The van der Waals surface area contributed by atoms with Gasteiger partial charge < -0.3 is 9.88 Å². The van der Waals surface area contributed by atoms with Crippen LogP contribution in [0.1, 0.15) is 25.8 Å². The highest BCUT2D eigenvalue weighted by Crippen LogP contribution is 2.34. The Balaban J connectivity index is 1.99. The van der Waals surface area contributed by atoms with Crippen LogP contribution in [-0.2, 0) is 13.0 Å². The van der Waals surface area contributed by atoms with Crippen LogP contribution in [0.3, 0.4) is 0 Å². The van der Waals surface area contributed by atoms with Crippen molar-refractivity contribution in [3.63, 3.8) is 0 Å². The first-order valence-electron chi connectivity index (χ1n) is 7.16. The summed E-state index contributed by atoms with van der Waals surface area (Å²) < 4.78 is 2.28. The molecule has 0 saturated heterocycles. The second-order valence-corrected chi connectivity index (χ2v) is 5.46. The first kappa shape index (κ1) is 12.3. The van der Waals surface area contributed by atoms with Gasteiger partial charge in [-0.2, -0.15) is 0 Å². The second-order valence-electron chi connectivity index (χ2n) is 5.46. The molecule has 0 aliphatic carbocycles. The molecule has 1 unspecified atom stereocenters. The minimum atomic E-state index is 0.678. The van der Waals surface area contributed by atoms with Gasteiger partial charge in [0, 0.05) is 24.3 Å². The van der Waals surface area contributed by atoms with E-state index >= 15 is 0 Å². The van der Waals surface area contributed by atoms with Gasteiger partial charge in [-0.25, -0.2) is 4.98 Å². The molecule has 0 spiro atoms. The van der Waals surface area contributed by atoms with E-state index in [-0.39, 0.29) is 0 Å². The zero-order chi connectivity index (χ0) is 13.2. The first-order chi connectivity index (χ1) is 9.29. The molecule has 0 fully saturated rings. The summed E-state index contributed by atoms with van der Waals surface area (Å²) in [6, 6.07) is 6.57. The van der Waals surface area contributed by atoms with Crippen LogP contribution in [0.4, 0.5) is 5.69 Å². The molecule has 1 atom stereocenters. The lowest BCUT2D eigenvalue weighted by atomic mass is 10.0. The van der Waals surface area contributed by atoms with Crippen LogP contribution in [-0.4, -0.2) is 16.1 Å². The molecule has 2 aromatic rings. The highest BCUT2D eigenvalue weighted by molar-refractivity contribution is 5.79. The van der Waals surface area contributed by atoms with Gasteiger partial charge in [-0.15, -0.1) is 0 Å². The molecule has 1 aliphatic heterocycles. The largest absolute Gasteiger partial charge is 0.384 e. The normalized spacial score (nSPS) is 15.1. The van der Waals surface area contributed by atoms with Crippen LogP contribution >= 0.6 is 0 Å². The molecule has 0 amide bonds. The van der Waals surface area contributed by atoms with Crippen molar-refractivity contribution < 1.29 is 0 Å². The highest BCUT2D eigenvalue weighted by atomic mass is 15.1. The maximum atomic E-state index is 4.35. The molecule has 1 aromatic carbocycles. The van der Waals surface area contributed by atoms with E-state index in [2.05, 4.69) is 46.9 Å². The summed E-state index contributed by atoms with van der Waals surface area (Å²) in [6.07, 6.45) is 6.26. The number of fused-ring (bicyclic) bond motifs is 1. The van der Waals surface area contributed by atoms with Crippen molar-refractivity contribution in [2.75, 3.05) is 11.9 Å². The third-order valence-electron chi connectivity index (χ3n) is 4.04. The summed E-state index contributed by atoms with van der Waals surface area (Å²) in [5, 5.41) is 3.51. The number of rotatable bonds is 4. The Morgan fingerprint density at radius 2 is 2.32 bits per heavy atom. The standard InChI is InChI=1S/C16H21N3/c1-3-12(2)10-19-11-17-9-15(19)14-6-4-5-13-7-8-18-16(13)14/h4-6,9,11-12,18H,3,7-8,10H2,1-2H3. The Labute approximate surface area is 114 Å². The monoisotopic (exact) mass is 255 g/mol. The maximum Gasteiger partial charge on any atom is 0.0951 e. The van der Waals surface area contributed by atoms with E-state index in [1.54, 1.807) is 0 Å². The number of hydrogen-bond donors (Lipinski definition) is 1. The number of aromatic nitrogens is 2. The van der Waals surface area contributed by atoms with E-state index in [0.717, 1.165) is 19.5 Å². The molecule has 1 aromatic heterocycles.